The molecule has 0 amide bonds. The van der Waals surface area contributed by atoms with Gasteiger partial charge >= 0.3 is 0 Å². The van der Waals surface area contributed by atoms with E-state index in [-0.39, 0.29) is 6.61 Å². The number of nitrogens with zero attached hydrogens (tertiary/aromatic N) is 2. The second-order valence-corrected chi connectivity index (χ2v) is 4.82. The van der Waals surface area contributed by atoms with E-state index in [0.717, 1.165) is 12.1 Å². The molecule has 0 unspecified atom stereocenters. The van der Waals surface area contributed by atoms with E-state index < -0.39 is 0 Å². The molecule has 0 bridgehead atoms. The van der Waals surface area contributed by atoms with Crippen LogP contribution in [0.5, 0.6) is 5.75 Å². The lowest BCUT2D eigenvalue weighted by atomic mass is 10.2. The molecule has 2 aromatic rings. The van der Waals surface area contributed by atoms with Crippen LogP contribution in [0.25, 0.3) is 0 Å². The Morgan fingerprint density at radius 3 is 2.95 bits per heavy atom. The first-order chi connectivity index (χ1) is 10.2. The standard InChI is InChI=1S/C14H18ClN3O3/c1-10-17-13(18-21-10)9-20-14-11(4-3-5-12(14)15)8-16-6-7-19-2/h3-5,16H,6-9H2,1-2H3. The van der Waals surface area contributed by atoms with Crippen molar-refractivity contribution in [1.29, 1.82) is 0 Å². The molecular weight excluding hydrogens is 294 g/mol. The Morgan fingerprint density at radius 1 is 1.38 bits per heavy atom. The third-order valence-corrected chi connectivity index (χ3v) is 3.06. The average Bonchev–Trinajstić information content (AvgIpc) is 2.88. The van der Waals surface area contributed by atoms with Crippen molar-refractivity contribution >= 4 is 11.6 Å². The van der Waals surface area contributed by atoms with E-state index in [1.807, 2.05) is 12.1 Å². The maximum Gasteiger partial charge on any atom is 0.223 e. The normalized spacial score (nSPS) is 10.8. The van der Waals surface area contributed by atoms with E-state index in [1.165, 1.54) is 0 Å². The van der Waals surface area contributed by atoms with Crippen LogP contribution in [0.1, 0.15) is 17.3 Å². The van der Waals surface area contributed by atoms with Crippen molar-refractivity contribution in [2.75, 3.05) is 20.3 Å². The fourth-order valence-corrected chi connectivity index (χ4v) is 2.04. The van der Waals surface area contributed by atoms with Gasteiger partial charge in [-0.3, -0.25) is 0 Å². The number of ether oxygens (including phenoxy) is 2. The van der Waals surface area contributed by atoms with E-state index in [1.54, 1.807) is 20.1 Å². The molecule has 1 heterocycles. The minimum Gasteiger partial charge on any atom is -0.484 e. The van der Waals surface area contributed by atoms with Crippen LogP contribution in [0.2, 0.25) is 5.02 Å². The molecule has 7 heteroatoms. The highest BCUT2D eigenvalue weighted by Crippen LogP contribution is 2.29. The second kappa shape index (κ2) is 7.97. The quantitative estimate of drug-likeness (QED) is 0.755. The Kier molecular flexibility index (Phi) is 5.98. The molecule has 0 saturated carbocycles. The molecule has 0 aliphatic heterocycles. The van der Waals surface area contributed by atoms with Crippen molar-refractivity contribution in [3.05, 3.63) is 40.5 Å². The molecule has 6 nitrogen and oxygen atoms in total. The summed E-state index contributed by atoms with van der Waals surface area (Å²) in [6.45, 7) is 4.00. The van der Waals surface area contributed by atoms with Crippen molar-refractivity contribution in [2.45, 2.75) is 20.1 Å². The van der Waals surface area contributed by atoms with E-state index in [0.29, 0.717) is 35.6 Å². The van der Waals surface area contributed by atoms with Crippen LogP contribution < -0.4 is 10.1 Å². The predicted octanol–water partition coefficient (Wildman–Crippen LogP) is 2.35. The summed E-state index contributed by atoms with van der Waals surface area (Å²) in [5.41, 5.74) is 0.971. The summed E-state index contributed by atoms with van der Waals surface area (Å²) >= 11 is 6.20. The minimum atomic E-state index is 0.214. The molecule has 0 aliphatic carbocycles. The highest BCUT2D eigenvalue weighted by atomic mass is 35.5. The molecule has 1 aromatic heterocycles. The molecule has 21 heavy (non-hydrogen) atoms. The summed E-state index contributed by atoms with van der Waals surface area (Å²) in [5, 5.41) is 7.61. The van der Waals surface area contributed by atoms with E-state index >= 15 is 0 Å². The molecule has 1 aromatic carbocycles. The van der Waals surface area contributed by atoms with Gasteiger partial charge in [0, 0.05) is 32.7 Å². The number of hydrogen-bond acceptors (Lipinski definition) is 6. The van der Waals surface area contributed by atoms with Crippen LogP contribution in [-0.2, 0) is 17.9 Å². The van der Waals surface area contributed by atoms with Crippen LogP contribution in [-0.4, -0.2) is 30.4 Å². The average molecular weight is 312 g/mol. The number of aromatic nitrogens is 2. The summed E-state index contributed by atoms with van der Waals surface area (Å²) in [4.78, 5) is 4.09. The second-order valence-electron chi connectivity index (χ2n) is 4.42. The maximum absolute atomic E-state index is 6.20. The third kappa shape index (κ3) is 4.70. The van der Waals surface area contributed by atoms with Gasteiger partial charge in [-0.15, -0.1) is 0 Å². The zero-order chi connectivity index (χ0) is 15.1. The Balaban J connectivity index is 1.99. The monoisotopic (exact) mass is 311 g/mol. The summed E-state index contributed by atoms with van der Waals surface area (Å²) in [7, 11) is 1.67. The van der Waals surface area contributed by atoms with Crippen LogP contribution in [0.3, 0.4) is 0 Å². The van der Waals surface area contributed by atoms with Crippen LogP contribution in [0.4, 0.5) is 0 Å². The molecule has 1 N–H and O–H groups in total. The number of halogens is 1. The fraction of sp³-hybridized carbons (Fsp3) is 0.429. The van der Waals surface area contributed by atoms with Gasteiger partial charge in [-0.1, -0.05) is 28.9 Å². The van der Waals surface area contributed by atoms with Gasteiger partial charge in [0.05, 0.1) is 11.6 Å². The van der Waals surface area contributed by atoms with Crippen molar-refractivity contribution in [3.63, 3.8) is 0 Å². The molecule has 0 saturated heterocycles. The van der Waals surface area contributed by atoms with Gasteiger partial charge in [0.15, 0.2) is 6.61 Å². The predicted molar refractivity (Wildman–Crippen MR) is 78.4 cm³/mol. The lowest BCUT2D eigenvalue weighted by molar-refractivity contribution is 0.199. The lowest BCUT2D eigenvalue weighted by Gasteiger charge is -2.12. The summed E-state index contributed by atoms with van der Waals surface area (Å²) in [6, 6.07) is 5.64. The van der Waals surface area contributed by atoms with Gasteiger partial charge in [-0.05, 0) is 6.07 Å². The van der Waals surface area contributed by atoms with Gasteiger partial charge in [-0.2, -0.15) is 4.98 Å². The number of aryl methyl sites for hydroxylation is 1. The smallest absolute Gasteiger partial charge is 0.223 e. The largest absolute Gasteiger partial charge is 0.484 e. The van der Waals surface area contributed by atoms with E-state index in [9.17, 15) is 0 Å². The summed E-state index contributed by atoms with van der Waals surface area (Å²) in [6.07, 6.45) is 0. The van der Waals surface area contributed by atoms with E-state index in [4.69, 9.17) is 25.6 Å². The number of benzene rings is 1. The van der Waals surface area contributed by atoms with Crippen LogP contribution in [0.15, 0.2) is 22.7 Å². The SMILES string of the molecule is COCCNCc1cccc(Cl)c1OCc1noc(C)n1. The van der Waals surface area contributed by atoms with Crippen molar-refractivity contribution in [1.82, 2.24) is 15.5 Å². The number of rotatable bonds is 8. The molecule has 0 atom stereocenters. The number of para-hydroxylation sites is 1. The topological polar surface area (TPSA) is 69.4 Å². The van der Waals surface area contributed by atoms with Gasteiger partial charge in [0.1, 0.15) is 5.75 Å². The number of hydrogen-bond donors (Lipinski definition) is 1. The molecule has 0 fully saturated rings. The third-order valence-electron chi connectivity index (χ3n) is 2.76. The van der Waals surface area contributed by atoms with Crippen LogP contribution in [0, 0.1) is 6.92 Å². The molecule has 0 aliphatic rings. The molecule has 2 rings (SSSR count). The maximum atomic E-state index is 6.20. The lowest BCUT2D eigenvalue weighted by Crippen LogP contribution is -2.19. The number of nitrogens with one attached hydrogen (secondary N) is 1. The Labute approximate surface area is 128 Å². The van der Waals surface area contributed by atoms with Gasteiger partial charge in [0.2, 0.25) is 11.7 Å². The zero-order valence-corrected chi connectivity index (χ0v) is 12.8. The van der Waals surface area contributed by atoms with Gasteiger partial charge in [0.25, 0.3) is 0 Å². The summed E-state index contributed by atoms with van der Waals surface area (Å²) in [5.74, 6) is 1.63. The Hall–Kier alpha value is -1.63. The zero-order valence-electron chi connectivity index (χ0n) is 12.1. The van der Waals surface area contributed by atoms with Crippen molar-refractivity contribution < 1.29 is 14.0 Å². The van der Waals surface area contributed by atoms with E-state index in [2.05, 4.69) is 15.5 Å². The highest BCUT2D eigenvalue weighted by molar-refractivity contribution is 6.32. The first-order valence-electron chi connectivity index (χ1n) is 6.59. The minimum absolute atomic E-state index is 0.214. The van der Waals surface area contributed by atoms with Gasteiger partial charge < -0.3 is 19.3 Å². The number of methoxy groups -OCH3 is 1. The highest BCUT2D eigenvalue weighted by Gasteiger charge is 2.10. The Bertz CT molecular complexity index is 574. The molecular formula is C14H18ClN3O3. The molecule has 0 spiro atoms. The first-order valence-corrected chi connectivity index (χ1v) is 6.97. The fourth-order valence-electron chi connectivity index (χ4n) is 1.79. The van der Waals surface area contributed by atoms with Gasteiger partial charge in [-0.25, -0.2) is 0 Å². The van der Waals surface area contributed by atoms with Crippen LogP contribution >= 0.6 is 11.6 Å². The first kappa shape index (κ1) is 15.8. The molecule has 114 valence electrons. The van der Waals surface area contributed by atoms with Crippen molar-refractivity contribution in [2.24, 2.45) is 0 Å². The Morgan fingerprint density at radius 2 is 2.24 bits per heavy atom. The van der Waals surface area contributed by atoms with Crippen molar-refractivity contribution in [3.8, 4) is 5.75 Å². The summed E-state index contributed by atoms with van der Waals surface area (Å²) < 4.78 is 15.6. The molecule has 0 radical (unpaired) electrons.